The zero-order chi connectivity index (χ0) is 17.4. The van der Waals surface area contributed by atoms with Crippen LogP contribution in [0.25, 0.3) is 11.0 Å². The second-order valence-corrected chi connectivity index (χ2v) is 4.83. The van der Waals surface area contributed by atoms with Crippen molar-refractivity contribution in [1.29, 1.82) is 0 Å². The number of nitrogens with zero attached hydrogens (tertiary/aromatic N) is 1. The number of nitrogens with two attached hydrogens (primary N) is 1. The van der Waals surface area contributed by atoms with Gasteiger partial charge in [-0.05, 0) is 17.7 Å². The smallest absolute Gasteiger partial charge is 0.262 e. The van der Waals surface area contributed by atoms with Crippen molar-refractivity contribution in [3.8, 4) is 5.75 Å². The zero-order valence-electron chi connectivity index (χ0n) is 13.3. The van der Waals surface area contributed by atoms with Crippen LogP contribution in [0.4, 0.5) is 5.95 Å². The molecule has 24 heavy (non-hydrogen) atoms. The van der Waals surface area contributed by atoms with Crippen LogP contribution in [0.1, 0.15) is 5.56 Å². The molecule has 0 radical (unpaired) electrons. The number of rotatable bonds is 6. The van der Waals surface area contributed by atoms with Crippen LogP contribution in [0.5, 0.6) is 5.75 Å². The van der Waals surface area contributed by atoms with E-state index in [1.807, 2.05) is 30.3 Å². The van der Waals surface area contributed by atoms with Gasteiger partial charge in [-0.15, -0.1) is 11.6 Å². The molecule has 0 aliphatic rings. The number of fused-ring (bicyclic) bond motifs is 1. The SMILES string of the molecule is CCl.Nc1nc2[nH]cc(CNCCOc3ccccc3)c2c(=O)[nH]1. The Morgan fingerprint density at radius 2 is 2.04 bits per heavy atom. The molecule has 7 nitrogen and oxygen atoms in total. The summed E-state index contributed by atoms with van der Waals surface area (Å²) in [5, 5.41) is 3.77. The molecule has 0 spiro atoms. The van der Waals surface area contributed by atoms with Crippen molar-refractivity contribution >= 4 is 28.6 Å². The Labute approximate surface area is 144 Å². The van der Waals surface area contributed by atoms with Crippen molar-refractivity contribution in [1.82, 2.24) is 20.3 Å². The molecule has 0 saturated carbocycles. The summed E-state index contributed by atoms with van der Waals surface area (Å²) in [4.78, 5) is 21.4. The van der Waals surface area contributed by atoms with E-state index in [-0.39, 0.29) is 11.5 Å². The van der Waals surface area contributed by atoms with Crippen molar-refractivity contribution < 1.29 is 4.74 Å². The third-order valence-electron chi connectivity index (χ3n) is 3.25. The lowest BCUT2D eigenvalue weighted by Gasteiger charge is -2.06. The van der Waals surface area contributed by atoms with Crippen LogP contribution in [0.3, 0.4) is 0 Å². The van der Waals surface area contributed by atoms with Gasteiger partial charge in [0.2, 0.25) is 5.95 Å². The number of anilines is 1. The molecule has 128 valence electrons. The molecule has 0 aliphatic heterocycles. The van der Waals surface area contributed by atoms with Gasteiger partial charge in [0.15, 0.2) is 0 Å². The number of ether oxygens (including phenoxy) is 1. The van der Waals surface area contributed by atoms with Gasteiger partial charge < -0.3 is 20.8 Å². The molecule has 0 atom stereocenters. The topological polar surface area (TPSA) is 109 Å². The van der Waals surface area contributed by atoms with Crippen LogP contribution in [0.15, 0.2) is 41.3 Å². The van der Waals surface area contributed by atoms with E-state index >= 15 is 0 Å². The first-order valence-corrected chi connectivity index (χ1v) is 8.12. The number of aromatic nitrogens is 3. The molecular formula is C16H20ClN5O2. The Bertz CT molecular complexity index is 816. The van der Waals surface area contributed by atoms with E-state index in [4.69, 9.17) is 10.5 Å². The summed E-state index contributed by atoms with van der Waals surface area (Å²) in [6.45, 7) is 1.77. The molecular weight excluding hydrogens is 330 g/mol. The summed E-state index contributed by atoms with van der Waals surface area (Å²) in [5.74, 6) is 0.947. The molecule has 0 fully saturated rings. The van der Waals surface area contributed by atoms with Crippen molar-refractivity contribution in [2.45, 2.75) is 6.54 Å². The average Bonchev–Trinajstić information content (AvgIpc) is 3.00. The van der Waals surface area contributed by atoms with Crippen LogP contribution in [-0.4, -0.2) is 34.5 Å². The maximum absolute atomic E-state index is 11.9. The number of hydrogen-bond donors (Lipinski definition) is 4. The first-order valence-electron chi connectivity index (χ1n) is 7.36. The third kappa shape index (κ3) is 4.50. The average molecular weight is 350 g/mol. The highest BCUT2D eigenvalue weighted by Crippen LogP contribution is 2.12. The second-order valence-electron chi connectivity index (χ2n) is 4.83. The highest BCUT2D eigenvalue weighted by molar-refractivity contribution is 6.15. The van der Waals surface area contributed by atoms with E-state index < -0.39 is 0 Å². The van der Waals surface area contributed by atoms with Gasteiger partial charge in [-0.1, -0.05) is 18.2 Å². The Morgan fingerprint density at radius 3 is 2.79 bits per heavy atom. The summed E-state index contributed by atoms with van der Waals surface area (Å²) >= 11 is 4.64. The zero-order valence-corrected chi connectivity index (χ0v) is 14.1. The number of hydrogen-bond acceptors (Lipinski definition) is 5. The highest BCUT2D eigenvalue weighted by atomic mass is 35.5. The summed E-state index contributed by atoms with van der Waals surface area (Å²) in [6, 6.07) is 9.63. The molecule has 0 bridgehead atoms. The van der Waals surface area contributed by atoms with Gasteiger partial charge in [0.25, 0.3) is 5.56 Å². The first-order chi connectivity index (χ1) is 11.7. The van der Waals surface area contributed by atoms with Crippen molar-refractivity contribution in [3.05, 3.63) is 52.4 Å². The molecule has 3 rings (SSSR count). The van der Waals surface area contributed by atoms with E-state index in [0.29, 0.717) is 30.7 Å². The molecule has 8 heteroatoms. The van der Waals surface area contributed by atoms with Crippen LogP contribution >= 0.6 is 11.6 Å². The minimum Gasteiger partial charge on any atom is -0.492 e. The number of nitrogen functional groups attached to an aromatic ring is 1. The number of H-pyrrole nitrogens is 2. The van der Waals surface area contributed by atoms with Crippen molar-refractivity contribution in [2.24, 2.45) is 0 Å². The lowest BCUT2D eigenvalue weighted by molar-refractivity contribution is 0.314. The predicted molar refractivity (Wildman–Crippen MR) is 96.5 cm³/mol. The Balaban J connectivity index is 0.00000100. The molecule has 2 heterocycles. The fourth-order valence-electron chi connectivity index (χ4n) is 2.24. The molecule has 1 aromatic carbocycles. The molecule has 0 aliphatic carbocycles. The molecule has 0 saturated heterocycles. The quantitative estimate of drug-likeness (QED) is 0.401. The molecule has 2 aromatic heterocycles. The standard InChI is InChI=1S/C15H17N5O2.CH3Cl/c16-15-19-13-12(14(21)20-15)10(9-18-13)8-17-6-7-22-11-4-2-1-3-5-11;1-2/h1-5,9,17H,6-8H2,(H4,16,18,19,20,21);1H3. The van der Waals surface area contributed by atoms with Crippen LogP contribution < -0.4 is 21.3 Å². The number of para-hydroxylation sites is 1. The van der Waals surface area contributed by atoms with Crippen LogP contribution in [-0.2, 0) is 6.54 Å². The normalized spacial score (nSPS) is 10.2. The minimum atomic E-state index is -0.235. The van der Waals surface area contributed by atoms with Crippen molar-refractivity contribution in [3.63, 3.8) is 0 Å². The van der Waals surface area contributed by atoms with E-state index in [1.54, 1.807) is 6.20 Å². The van der Waals surface area contributed by atoms with E-state index in [2.05, 4.69) is 31.9 Å². The van der Waals surface area contributed by atoms with Gasteiger partial charge in [0, 0.05) is 25.7 Å². The molecule has 3 aromatic rings. The molecule has 0 amide bonds. The van der Waals surface area contributed by atoms with Crippen LogP contribution in [0, 0.1) is 0 Å². The number of halogens is 1. The minimum absolute atomic E-state index is 0.107. The maximum atomic E-state index is 11.9. The fraction of sp³-hybridized carbons (Fsp3) is 0.250. The van der Waals surface area contributed by atoms with Crippen LogP contribution in [0.2, 0.25) is 0 Å². The maximum Gasteiger partial charge on any atom is 0.262 e. The first kappa shape index (κ1) is 17.8. The predicted octanol–water partition coefficient (Wildman–Crippen LogP) is 1.86. The number of benzene rings is 1. The summed E-state index contributed by atoms with van der Waals surface area (Å²) < 4.78 is 5.59. The Hall–Kier alpha value is -2.51. The Kier molecular flexibility index (Phi) is 6.65. The van der Waals surface area contributed by atoms with Gasteiger partial charge in [0.1, 0.15) is 18.0 Å². The highest BCUT2D eigenvalue weighted by Gasteiger charge is 2.09. The van der Waals surface area contributed by atoms with Gasteiger partial charge in [0.05, 0.1) is 5.39 Å². The summed E-state index contributed by atoms with van der Waals surface area (Å²) in [5.41, 5.74) is 6.62. The summed E-state index contributed by atoms with van der Waals surface area (Å²) in [7, 11) is 0. The van der Waals surface area contributed by atoms with Gasteiger partial charge in [-0.2, -0.15) is 4.98 Å². The molecule has 5 N–H and O–H groups in total. The van der Waals surface area contributed by atoms with E-state index in [9.17, 15) is 4.79 Å². The molecule has 0 unspecified atom stereocenters. The lowest BCUT2D eigenvalue weighted by Crippen LogP contribution is -2.21. The Morgan fingerprint density at radius 1 is 1.29 bits per heavy atom. The summed E-state index contributed by atoms with van der Waals surface area (Å²) in [6.07, 6.45) is 3.23. The number of aromatic amines is 2. The number of nitrogens with one attached hydrogen (secondary N) is 3. The largest absolute Gasteiger partial charge is 0.492 e. The third-order valence-corrected chi connectivity index (χ3v) is 3.25. The second kappa shape index (κ2) is 8.95. The monoisotopic (exact) mass is 349 g/mol. The number of alkyl halides is 1. The van der Waals surface area contributed by atoms with E-state index in [1.165, 1.54) is 6.38 Å². The van der Waals surface area contributed by atoms with Gasteiger partial charge in [-0.25, -0.2) is 0 Å². The fourth-order valence-corrected chi connectivity index (χ4v) is 2.24. The van der Waals surface area contributed by atoms with Gasteiger partial charge >= 0.3 is 0 Å². The van der Waals surface area contributed by atoms with E-state index in [0.717, 1.165) is 11.3 Å². The van der Waals surface area contributed by atoms with Crippen molar-refractivity contribution in [2.75, 3.05) is 25.3 Å². The lowest BCUT2D eigenvalue weighted by atomic mass is 10.2. The van der Waals surface area contributed by atoms with Gasteiger partial charge in [-0.3, -0.25) is 9.78 Å².